The Morgan fingerprint density at radius 1 is 1.21 bits per heavy atom. The number of carbonyl (C=O) groups is 1. The lowest BCUT2D eigenvalue weighted by atomic mass is 10.0. The number of amides is 1. The number of rotatable bonds is 3. The lowest BCUT2D eigenvalue weighted by molar-refractivity contribution is 0.0940. The first-order chi connectivity index (χ1) is 13.9. The molecule has 1 amide bonds. The van der Waals surface area contributed by atoms with Gasteiger partial charge in [-0.05, 0) is 26.0 Å². The molecule has 5 heterocycles. The largest absolute Gasteiger partial charge is 0.475 e. The molecule has 1 atom stereocenters. The van der Waals surface area contributed by atoms with Crippen LogP contribution in [0.15, 0.2) is 29.4 Å². The van der Waals surface area contributed by atoms with Crippen molar-refractivity contribution in [2.75, 3.05) is 30.9 Å². The number of hydrogen-bond donors (Lipinski definition) is 3. The Kier molecular flexibility index (Phi) is 3.79. The summed E-state index contributed by atoms with van der Waals surface area (Å²) >= 11 is 0. The maximum absolute atomic E-state index is 12.0. The molecule has 0 saturated carbocycles. The fraction of sp³-hybridized carbons (Fsp3) is 0.400. The van der Waals surface area contributed by atoms with Crippen molar-refractivity contribution in [3.05, 3.63) is 41.2 Å². The number of nitrogens with zero attached hydrogens (tertiary/aromatic N) is 3. The van der Waals surface area contributed by atoms with Crippen LogP contribution in [0.4, 0.5) is 17.3 Å². The van der Waals surface area contributed by atoms with Crippen molar-refractivity contribution in [2.24, 2.45) is 4.99 Å². The molecule has 1 fully saturated rings. The molecule has 1 unspecified atom stereocenters. The summed E-state index contributed by atoms with van der Waals surface area (Å²) in [4.78, 5) is 25.7. The topological polar surface area (TPSA) is 124 Å². The molecule has 0 bridgehead atoms. The molecule has 2 aromatic heterocycles. The lowest BCUT2D eigenvalue weighted by Gasteiger charge is -2.18. The van der Waals surface area contributed by atoms with E-state index in [2.05, 4.69) is 20.6 Å². The summed E-state index contributed by atoms with van der Waals surface area (Å²) in [7, 11) is 0. The average molecular weight is 394 g/mol. The van der Waals surface area contributed by atoms with E-state index in [4.69, 9.17) is 20.2 Å². The van der Waals surface area contributed by atoms with Crippen LogP contribution in [0, 0.1) is 0 Å². The number of fused-ring (bicyclic) bond motifs is 1. The number of nitrogens with two attached hydrogens (primary N) is 1. The molecule has 9 heteroatoms. The van der Waals surface area contributed by atoms with E-state index in [1.54, 1.807) is 24.4 Å². The van der Waals surface area contributed by atoms with E-state index in [0.717, 1.165) is 6.42 Å². The van der Waals surface area contributed by atoms with Crippen LogP contribution in [0.1, 0.15) is 41.9 Å². The summed E-state index contributed by atoms with van der Waals surface area (Å²) in [6.45, 7) is 5.61. The third kappa shape index (κ3) is 2.98. The molecule has 0 aromatic carbocycles. The molecule has 0 radical (unpaired) electrons. The Bertz CT molecular complexity index is 1040. The van der Waals surface area contributed by atoms with Gasteiger partial charge in [-0.3, -0.25) is 4.79 Å². The number of aromatic nitrogens is 2. The maximum atomic E-state index is 12.0. The van der Waals surface area contributed by atoms with Crippen molar-refractivity contribution in [1.29, 1.82) is 0 Å². The first-order valence-electron chi connectivity index (χ1n) is 9.53. The Morgan fingerprint density at radius 2 is 2.07 bits per heavy atom. The van der Waals surface area contributed by atoms with Crippen molar-refractivity contribution in [1.82, 2.24) is 15.3 Å². The van der Waals surface area contributed by atoms with Gasteiger partial charge in [0.1, 0.15) is 23.8 Å². The van der Waals surface area contributed by atoms with Crippen molar-refractivity contribution in [2.45, 2.75) is 31.3 Å². The molecule has 2 aromatic rings. The molecular formula is C20H22N6O3. The van der Waals surface area contributed by atoms with E-state index in [1.807, 2.05) is 13.8 Å². The fourth-order valence-corrected chi connectivity index (χ4v) is 3.87. The van der Waals surface area contributed by atoms with E-state index in [1.165, 1.54) is 0 Å². The highest BCUT2D eigenvalue weighted by Gasteiger charge is 2.41. The summed E-state index contributed by atoms with van der Waals surface area (Å²) in [5.74, 6) is 1.53. The van der Waals surface area contributed by atoms with Crippen LogP contribution >= 0.6 is 0 Å². The third-order valence-electron chi connectivity index (χ3n) is 5.48. The first-order valence-corrected chi connectivity index (χ1v) is 9.53. The quantitative estimate of drug-likeness (QED) is 0.724. The SMILES string of the molecule is CC1(C)NC(=O)c2ccc(Nc3cc(N)c(C4=NC5(CCOC5)CO4)cn3)nc21. The molecule has 150 valence electrons. The summed E-state index contributed by atoms with van der Waals surface area (Å²) in [6, 6.07) is 5.23. The summed E-state index contributed by atoms with van der Waals surface area (Å²) in [6.07, 6.45) is 2.49. The minimum atomic E-state index is -0.516. The van der Waals surface area contributed by atoms with Gasteiger partial charge >= 0.3 is 0 Å². The van der Waals surface area contributed by atoms with Crippen molar-refractivity contribution >= 4 is 29.1 Å². The van der Waals surface area contributed by atoms with Gasteiger partial charge in [0.05, 0.1) is 29.0 Å². The fourth-order valence-electron chi connectivity index (χ4n) is 3.87. The van der Waals surface area contributed by atoms with E-state index in [-0.39, 0.29) is 11.4 Å². The van der Waals surface area contributed by atoms with Crippen LogP contribution in [-0.4, -0.2) is 47.1 Å². The molecule has 9 nitrogen and oxygen atoms in total. The van der Waals surface area contributed by atoms with Gasteiger partial charge in [0, 0.05) is 31.0 Å². The van der Waals surface area contributed by atoms with Gasteiger partial charge in [0.2, 0.25) is 5.90 Å². The Labute approximate surface area is 167 Å². The smallest absolute Gasteiger partial charge is 0.253 e. The number of ether oxygens (including phenoxy) is 2. The summed E-state index contributed by atoms with van der Waals surface area (Å²) < 4.78 is 11.2. The van der Waals surface area contributed by atoms with Gasteiger partial charge in [-0.25, -0.2) is 15.0 Å². The number of pyridine rings is 2. The van der Waals surface area contributed by atoms with Crippen LogP contribution in [-0.2, 0) is 15.0 Å². The normalized spacial score (nSPS) is 24.2. The zero-order chi connectivity index (χ0) is 20.2. The molecule has 1 saturated heterocycles. The van der Waals surface area contributed by atoms with Gasteiger partial charge in [0.25, 0.3) is 5.91 Å². The number of nitrogen functional groups attached to an aromatic ring is 1. The van der Waals surface area contributed by atoms with Crippen LogP contribution in [0.3, 0.4) is 0 Å². The van der Waals surface area contributed by atoms with Crippen LogP contribution in [0.5, 0.6) is 0 Å². The highest BCUT2D eigenvalue weighted by molar-refractivity contribution is 6.00. The molecule has 5 rings (SSSR count). The number of aliphatic imine (C=N–C) groups is 1. The highest BCUT2D eigenvalue weighted by Crippen LogP contribution is 2.32. The molecule has 0 aliphatic carbocycles. The summed E-state index contributed by atoms with van der Waals surface area (Å²) in [5.41, 5.74) is 7.91. The minimum Gasteiger partial charge on any atom is -0.475 e. The highest BCUT2D eigenvalue weighted by atomic mass is 16.5. The Morgan fingerprint density at radius 3 is 2.83 bits per heavy atom. The van der Waals surface area contributed by atoms with E-state index < -0.39 is 5.54 Å². The van der Waals surface area contributed by atoms with Gasteiger partial charge in [-0.1, -0.05) is 0 Å². The van der Waals surface area contributed by atoms with Gasteiger partial charge in [-0.15, -0.1) is 0 Å². The Balaban J connectivity index is 1.39. The molecule has 3 aliphatic heterocycles. The predicted molar refractivity (Wildman–Crippen MR) is 107 cm³/mol. The third-order valence-corrected chi connectivity index (χ3v) is 5.48. The standard InChI is InChI=1S/C20H22N6O3/c1-19(2)16-11(17(27)25-19)3-4-14(24-16)23-15-7-13(21)12(8-22-15)18-26-20(10-29-18)5-6-28-9-20/h3-4,7-8H,5-6,9-10H2,1-2H3,(H,25,27)(H3,21,22,23,24). The number of anilines is 3. The van der Waals surface area contributed by atoms with Crippen molar-refractivity contribution < 1.29 is 14.3 Å². The minimum absolute atomic E-state index is 0.112. The molecule has 3 aliphatic rings. The van der Waals surface area contributed by atoms with Gasteiger partial charge < -0.3 is 25.8 Å². The summed E-state index contributed by atoms with van der Waals surface area (Å²) in [5, 5.41) is 6.07. The zero-order valence-electron chi connectivity index (χ0n) is 16.3. The zero-order valence-corrected chi connectivity index (χ0v) is 16.3. The molecular weight excluding hydrogens is 372 g/mol. The number of hydrogen-bond acceptors (Lipinski definition) is 8. The number of nitrogens with one attached hydrogen (secondary N) is 2. The van der Waals surface area contributed by atoms with Crippen LogP contribution < -0.4 is 16.4 Å². The predicted octanol–water partition coefficient (Wildman–Crippen LogP) is 1.72. The van der Waals surface area contributed by atoms with E-state index in [0.29, 0.717) is 59.9 Å². The van der Waals surface area contributed by atoms with Crippen LogP contribution in [0.2, 0.25) is 0 Å². The molecule has 29 heavy (non-hydrogen) atoms. The van der Waals surface area contributed by atoms with Crippen molar-refractivity contribution in [3.8, 4) is 0 Å². The van der Waals surface area contributed by atoms with Crippen molar-refractivity contribution in [3.63, 3.8) is 0 Å². The first kappa shape index (κ1) is 17.9. The number of carbonyl (C=O) groups excluding carboxylic acids is 1. The maximum Gasteiger partial charge on any atom is 0.253 e. The van der Waals surface area contributed by atoms with E-state index in [9.17, 15) is 4.79 Å². The monoisotopic (exact) mass is 394 g/mol. The van der Waals surface area contributed by atoms with Crippen LogP contribution in [0.25, 0.3) is 0 Å². The van der Waals surface area contributed by atoms with Gasteiger partial charge in [-0.2, -0.15) is 0 Å². The average Bonchev–Trinajstić information content (AvgIpc) is 3.36. The van der Waals surface area contributed by atoms with Gasteiger partial charge in [0.15, 0.2) is 0 Å². The molecule has 4 N–H and O–H groups in total. The Hall–Kier alpha value is -3.20. The second-order valence-corrected chi connectivity index (χ2v) is 8.19. The second kappa shape index (κ2) is 6.15. The lowest BCUT2D eigenvalue weighted by Crippen LogP contribution is -2.33. The van der Waals surface area contributed by atoms with E-state index >= 15 is 0 Å². The second-order valence-electron chi connectivity index (χ2n) is 8.19. The molecule has 1 spiro atoms.